The van der Waals surface area contributed by atoms with Gasteiger partial charge in [0.1, 0.15) is 5.75 Å². The van der Waals surface area contributed by atoms with Crippen molar-refractivity contribution >= 4 is 23.2 Å². The van der Waals surface area contributed by atoms with Gasteiger partial charge in [0, 0.05) is 24.1 Å². The van der Waals surface area contributed by atoms with Gasteiger partial charge in [-0.2, -0.15) is 0 Å². The molecule has 1 unspecified atom stereocenters. The minimum Gasteiger partial charge on any atom is -0.492 e. The van der Waals surface area contributed by atoms with E-state index in [0.717, 1.165) is 23.5 Å². The maximum Gasteiger partial charge on any atom is 0.261 e. The Morgan fingerprint density at radius 3 is 2.64 bits per heavy atom. The second-order valence-corrected chi connectivity index (χ2v) is 6.71. The summed E-state index contributed by atoms with van der Waals surface area (Å²) in [6.07, 6.45) is 3.99. The first-order chi connectivity index (χ1) is 13.7. The van der Waals surface area contributed by atoms with Crippen molar-refractivity contribution in [2.24, 2.45) is 0 Å². The lowest BCUT2D eigenvalue weighted by Crippen LogP contribution is -2.35. The van der Waals surface area contributed by atoms with Crippen LogP contribution in [-0.2, 0) is 6.42 Å². The van der Waals surface area contributed by atoms with Gasteiger partial charge >= 0.3 is 0 Å². The first kappa shape index (κ1) is 18.0. The molecule has 1 aromatic heterocycles. The van der Waals surface area contributed by atoms with Gasteiger partial charge in [-0.3, -0.25) is 4.79 Å². The molecular formula is C22H22N4O2. The number of rotatable bonds is 5. The molecule has 28 heavy (non-hydrogen) atoms. The van der Waals surface area contributed by atoms with Crippen LogP contribution in [0.25, 0.3) is 0 Å². The number of hydrogen-bond donors (Lipinski definition) is 1. The minimum atomic E-state index is -0.0845. The van der Waals surface area contributed by atoms with Crippen LogP contribution in [0.15, 0.2) is 60.9 Å². The summed E-state index contributed by atoms with van der Waals surface area (Å²) in [5, 5.41) is 3.15. The van der Waals surface area contributed by atoms with Gasteiger partial charge in [0.25, 0.3) is 5.91 Å². The summed E-state index contributed by atoms with van der Waals surface area (Å²) in [6, 6.07) is 15.7. The zero-order chi connectivity index (χ0) is 19.5. The molecule has 0 saturated carbocycles. The van der Waals surface area contributed by atoms with Crippen LogP contribution in [-0.4, -0.2) is 28.5 Å². The zero-order valence-electron chi connectivity index (χ0n) is 15.9. The summed E-state index contributed by atoms with van der Waals surface area (Å²) in [6.45, 7) is 4.56. The molecular weight excluding hydrogens is 352 g/mol. The van der Waals surface area contributed by atoms with Gasteiger partial charge < -0.3 is 15.0 Å². The third-order valence-electron chi connectivity index (χ3n) is 4.76. The monoisotopic (exact) mass is 374 g/mol. The number of hydrogen-bond acceptors (Lipinski definition) is 5. The Labute approximate surface area is 164 Å². The van der Waals surface area contributed by atoms with Crippen molar-refractivity contribution in [3.63, 3.8) is 0 Å². The van der Waals surface area contributed by atoms with E-state index in [-0.39, 0.29) is 11.9 Å². The smallest absolute Gasteiger partial charge is 0.261 e. The van der Waals surface area contributed by atoms with E-state index in [9.17, 15) is 4.79 Å². The third kappa shape index (κ3) is 3.41. The highest BCUT2D eigenvalue weighted by Crippen LogP contribution is 2.33. The molecule has 6 nitrogen and oxygen atoms in total. The number of fused-ring (bicyclic) bond motifs is 1. The Kier molecular flexibility index (Phi) is 4.93. The van der Waals surface area contributed by atoms with Crippen LogP contribution in [0.4, 0.5) is 17.3 Å². The summed E-state index contributed by atoms with van der Waals surface area (Å²) >= 11 is 0. The van der Waals surface area contributed by atoms with Crippen molar-refractivity contribution in [2.45, 2.75) is 26.3 Å². The number of nitrogens with one attached hydrogen (secondary N) is 1. The highest BCUT2D eigenvalue weighted by atomic mass is 16.5. The molecule has 3 aromatic rings. The fourth-order valence-corrected chi connectivity index (χ4v) is 3.49. The fourth-order valence-electron chi connectivity index (χ4n) is 3.49. The molecule has 0 radical (unpaired) electrons. The first-order valence-electron chi connectivity index (χ1n) is 9.39. The van der Waals surface area contributed by atoms with E-state index in [1.807, 2.05) is 54.3 Å². The van der Waals surface area contributed by atoms with Crippen molar-refractivity contribution in [1.82, 2.24) is 9.97 Å². The summed E-state index contributed by atoms with van der Waals surface area (Å²) in [5.41, 5.74) is 3.40. The highest BCUT2D eigenvalue weighted by molar-refractivity contribution is 6.07. The molecule has 0 bridgehead atoms. The molecule has 6 heteroatoms. The second kappa shape index (κ2) is 7.68. The van der Waals surface area contributed by atoms with Crippen LogP contribution in [0.2, 0.25) is 0 Å². The van der Waals surface area contributed by atoms with Gasteiger partial charge in [-0.1, -0.05) is 30.3 Å². The van der Waals surface area contributed by atoms with Gasteiger partial charge in [0.15, 0.2) is 0 Å². The van der Waals surface area contributed by atoms with Crippen LogP contribution in [0.3, 0.4) is 0 Å². The number of carbonyl (C=O) groups excluding carboxylic acids is 1. The molecule has 2 heterocycles. The normalized spacial score (nSPS) is 15.2. The van der Waals surface area contributed by atoms with E-state index in [2.05, 4.69) is 28.3 Å². The molecule has 0 spiro atoms. The average molecular weight is 374 g/mol. The van der Waals surface area contributed by atoms with Crippen LogP contribution in [0.5, 0.6) is 5.75 Å². The van der Waals surface area contributed by atoms with Gasteiger partial charge in [0.05, 0.1) is 17.9 Å². The summed E-state index contributed by atoms with van der Waals surface area (Å²) in [4.78, 5) is 23.5. The second-order valence-electron chi connectivity index (χ2n) is 6.71. The van der Waals surface area contributed by atoms with Gasteiger partial charge in [-0.15, -0.1) is 0 Å². The minimum absolute atomic E-state index is 0.0845. The quantitative estimate of drug-likeness (QED) is 0.725. The standard InChI is InChI=1S/C22H22N4O2/c1-3-28-20-11-7-5-9-18(20)25-22-23-13-17(14-24-22)21(27)26-15(2)12-16-8-4-6-10-19(16)26/h4-11,13-15H,3,12H2,1-2H3,(H,23,24,25). The Morgan fingerprint density at radius 2 is 1.86 bits per heavy atom. The predicted octanol–water partition coefficient (Wildman–Crippen LogP) is 4.21. The molecule has 1 atom stereocenters. The van der Waals surface area contributed by atoms with Gasteiger partial charge in [0.2, 0.25) is 5.95 Å². The molecule has 1 N–H and O–H groups in total. The topological polar surface area (TPSA) is 67.3 Å². The summed E-state index contributed by atoms with van der Waals surface area (Å²) in [5.74, 6) is 1.06. The summed E-state index contributed by atoms with van der Waals surface area (Å²) in [7, 11) is 0. The Morgan fingerprint density at radius 1 is 1.14 bits per heavy atom. The van der Waals surface area contributed by atoms with Crippen LogP contribution < -0.4 is 15.0 Å². The van der Waals surface area contributed by atoms with Crippen molar-refractivity contribution in [1.29, 1.82) is 0 Å². The predicted molar refractivity (Wildman–Crippen MR) is 109 cm³/mol. The molecule has 4 rings (SSSR count). The van der Waals surface area contributed by atoms with Crippen molar-refractivity contribution < 1.29 is 9.53 Å². The van der Waals surface area contributed by atoms with E-state index in [4.69, 9.17) is 4.74 Å². The number of benzene rings is 2. The number of ether oxygens (including phenoxy) is 1. The number of nitrogens with zero attached hydrogens (tertiary/aromatic N) is 3. The third-order valence-corrected chi connectivity index (χ3v) is 4.76. The van der Waals surface area contributed by atoms with Crippen molar-refractivity contribution in [3.8, 4) is 5.75 Å². The van der Waals surface area contributed by atoms with E-state index in [1.54, 1.807) is 12.4 Å². The maximum atomic E-state index is 13.0. The van der Waals surface area contributed by atoms with Gasteiger partial charge in [-0.25, -0.2) is 9.97 Å². The molecule has 1 amide bonds. The first-order valence-corrected chi connectivity index (χ1v) is 9.39. The van der Waals surface area contributed by atoms with E-state index in [0.29, 0.717) is 18.1 Å². The Balaban J connectivity index is 1.53. The largest absolute Gasteiger partial charge is 0.492 e. The van der Waals surface area contributed by atoms with Crippen molar-refractivity contribution in [2.75, 3.05) is 16.8 Å². The number of para-hydroxylation sites is 3. The van der Waals surface area contributed by atoms with Crippen LogP contribution in [0.1, 0.15) is 29.8 Å². The molecule has 142 valence electrons. The fraction of sp³-hybridized carbons (Fsp3) is 0.227. The number of carbonyl (C=O) groups is 1. The van der Waals surface area contributed by atoms with E-state index < -0.39 is 0 Å². The Hall–Kier alpha value is -3.41. The summed E-state index contributed by atoms with van der Waals surface area (Å²) < 4.78 is 5.60. The molecule has 0 saturated heterocycles. The lowest BCUT2D eigenvalue weighted by atomic mass is 10.1. The van der Waals surface area contributed by atoms with E-state index >= 15 is 0 Å². The number of anilines is 3. The lowest BCUT2D eigenvalue weighted by molar-refractivity contribution is 0.0981. The average Bonchev–Trinajstić information content (AvgIpc) is 3.05. The molecule has 1 aliphatic rings. The number of amides is 1. The molecule has 0 fully saturated rings. The molecule has 2 aromatic carbocycles. The number of aromatic nitrogens is 2. The molecule has 0 aliphatic carbocycles. The highest BCUT2D eigenvalue weighted by Gasteiger charge is 2.31. The van der Waals surface area contributed by atoms with Gasteiger partial charge in [-0.05, 0) is 44.0 Å². The van der Waals surface area contributed by atoms with E-state index in [1.165, 1.54) is 5.56 Å². The zero-order valence-corrected chi connectivity index (χ0v) is 15.9. The lowest BCUT2D eigenvalue weighted by Gasteiger charge is -2.22. The van der Waals surface area contributed by atoms with Crippen LogP contribution in [0, 0.1) is 0 Å². The van der Waals surface area contributed by atoms with Crippen LogP contribution >= 0.6 is 0 Å². The SMILES string of the molecule is CCOc1ccccc1Nc1ncc(C(=O)N2c3ccccc3CC2C)cn1. The molecule has 1 aliphatic heterocycles. The Bertz CT molecular complexity index is 988. The maximum absolute atomic E-state index is 13.0. The van der Waals surface area contributed by atoms with Crippen molar-refractivity contribution in [3.05, 3.63) is 72.1 Å².